The molecule has 1 aliphatic heterocycles. The zero-order chi connectivity index (χ0) is 13.1. The van der Waals surface area contributed by atoms with Gasteiger partial charge in [-0.3, -0.25) is 0 Å². The molecular weight excluding hydrogens is 328 g/mol. The van der Waals surface area contributed by atoms with Gasteiger partial charge in [-0.05, 0) is 40.9 Å². The van der Waals surface area contributed by atoms with Gasteiger partial charge in [0.15, 0.2) is 4.67 Å². The monoisotopic (exact) mass is 342 g/mol. The van der Waals surface area contributed by atoms with Crippen molar-refractivity contribution in [2.24, 2.45) is 0 Å². The van der Waals surface area contributed by atoms with Gasteiger partial charge in [0.05, 0.1) is 11.0 Å². The van der Waals surface area contributed by atoms with E-state index in [2.05, 4.69) is 26.2 Å². The van der Waals surface area contributed by atoms with E-state index < -0.39 is 0 Å². The highest BCUT2D eigenvalue weighted by atomic mass is 79.9. The maximum absolute atomic E-state index is 5.57. The number of furan rings is 1. The zero-order valence-electron chi connectivity index (χ0n) is 10.4. The van der Waals surface area contributed by atoms with E-state index in [4.69, 9.17) is 9.15 Å². The van der Waals surface area contributed by atoms with E-state index in [0.717, 1.165) is 46.4 Å². The summed E-state index contributed by atoms with van der Waals surface area (Å²) < 4.78 is 11.8. The number of ether oxygens (including phenoxy) is 1. The molecule has 0 spiro atoms. The fraction of sp³-hybridized carbons (Fsp3) is 0.462. The summed E-state index contributed by atoms with van der Waals surface area (Å²) >= 11 is 4.96. The maximum atomic E-state index is 5.57. The molecule has 1 aliphatic rings. The third-order valence-corrected chi connectivity index (χ3v) is 4.48. The predicted octanol–water partition coefficient (Wildman–Crippen LogP) is 3.43. The minimum atomic E-state index is 0.375. The summed E-state index contributed by atoms with van der Waals surface area (Å²) in [5.41, 5.74) is 0. The van der Waals surface area contributed by atoms with Crippen molar-refractivity contribution in [2.75, 3.05) is 13.2 Å². The Labute approximate surface area is 124 Å². The molecular formula is C13H15BrN2O2S. The van der Waals surface area contributed by atoms with Crippen molar-refractivity contribution in [3.63, 3.8) is 0 Å². The average Bonchev–Trinajstić information content (AvgIpc) is 3.09. The number of hydrogen-bond donors (Lipinski definition) is 1. The molecule has 3 heterocycles. The maximum Gasteiger partial charge on any atom is 0.169 e. The first-order chi connectivity index (χ1) is 9.31. The Balaban J connectivity index is 1.53. The van der Waals surface area contributed by atoms with E-state index in [1.54, 1.807) is 11.3 Å². The first kappa shape index (κ1) is 13.3. The normalized spacial score (nSPS) is 19.1. The van der Waals surface area contributed by atoms with Crippen LogP contribution in [0.4, 0.5) is 0 Å². The summed E-state index contributed by atoms with van der Waals surface area (Å²) in [6.07, 6.45) is 4.58. The molecule has 1 N–H and O–H groups in total. The Morgan fingerprint density at radius 1 is 1.47 bits per heavy atom. The van der Waals surface area contributed by atoms with E-state index in [1.165, 1.54) is 6.42 Å². The van der Waals surface area contributed by atoms with E-state index in [9.17, 15) is 0 Å². The third kappa shape index (κ3) is 3.45. The predicted molar refractivity (Wildman–Crippen MR) is 78.2 cm³/mol. The summed E-state index contributed by atoms with van der Waals surface area (Å²) in [4.78, 5) is 5.46. The molecule has 19 heavy (non-hydrogen) atoms. The number of nitrogens with zero attached hydrogens (tertiary/aromatic N) is 1. The van der Waals surface area contributed by atoms with Crippen molar-refractivity contribution in [2.45, 2.75) is 25.5 Å². The van der Waals surface area contributed by atoms with Gasteiger partial charge in [0.1, 0.15) is 10.8 Å². The molecule has 4 nitrogen and oxygen atoms in total. The second kappa shape index (κ2) is 6.17. The van der Waals surface area contributed by atoms with Gasteiger partial charge < -0.3 is 14.5 Å². The SMILES string of the molecule is Brc1ccc(-c2cnc(CNCC3CCCO3)s2)o1. The third-order valence-electron chi connectivity index (χ3n) is 3.04. The average molecular weight is 343 g/mol. The van der Waals surface area contributed by atoms with Gasteiger partial charge in [0.2, 0.25) is 0 Å². The van der Waals surface area contributed by atoms with Gasteiger partial charge >= 0.3 is 0 Å². The highest BCUT2D eigenvalue weighted by Gasteiger charge is 2.15. The first-order valence-electron chi connectivity index (χ1n) is 6.34. The molecule has 6 heteroatoms. The lowest BCUT2D eigenvalue weighted by Crippen LogP contribution is -2.25. The summed E-state index contributed by atoms with van der Waals surface area (Å²) in [6.45, 7) is 2.59. The number of hydrogen-bond acceptors (Lipinski definition) is 5. The summed E-state index contributed by atoms with van der Waals surface area (Å²) in [6, 6.07) is 3.84. The van der Waals surface area contributed by atoms with Crippen LogP contribution < -0.4 is 5.32 Å². The smallest absolute Gasteiger partial charge is 0.169 e. The molecule has 102 valence electrons. The standard InChI is InChI=1S/C13H15BrN2O2S/c14-12-4-3-10(18-12)11-7-16-13(19-11)8-15-6-9-2-1-5-17-9/h3-4,7,9,15H,1-2,5-6,8H2. The number of nitrogens with one attached hydrogen (secondary N) is 1. The van der Waals surface area contributed by atoms with E-state index in [1.807, 2.05) is 18.3 Å². The van der Waals surface area contributed by atoms with Gasteiger partial charge in [-0.15, -0.1) is 11.3 Å². The van der Waals surface area contributed by atoms with Crippen molar-refractivity contribution in [3.8, 4) is 10.6 Å². The van der Waals surface area contributed by atoms with Gasteiger partial charge in [-0.1, -0.05) is 0 Å². The highest BCUT2D eigenvalue weighted by Crippen LogP contribution is 2.29. The van der Waals surface area contributed by atoms with Gasteiger partial charge in [-0.25, -0.2) is 4.98 Å². The van der Waals surface area contributed by atoms with E-state index >= 15 is 0 Å². The molecule has 0 bridgehead atoms. The van der Waals surface area contributed by atoms with Gasteiger partial charge in [0, 0.05) is 25.9 Å². The molecule has 3 rings (SSSR count). The molecule has 1 fully saturated rings. The van der Waals surface area contributed by atoms with Crippen LogP contribution >= 0.6 is 27.3 Å². The van der Waals surface area contributed by atoms with Crippen LogP contribution in [0.3, 0.4) is 0 Å². The summed E-state index contributed by atoms with van der Waals surface area (Å²) in [5, 5.41) is 4.47. The Hall–Kier alpha value is -0.690. The molecule has 0 saturated carbocycles. The Bertz CT molecular complexity index is 534. The second-order valence-corrected chi connectivity index (χ2v) is 6.38. The van der Waals surface area contributed by atoms with Crippen LogP contribution in [0.5, 0.6) is 0 Å². The van der Waals surface area contributed by atoms with Gasteiger partial charge in [-0.2, -0.15) is 0 Å². The van der Waals surface area contributed by atoms with Crippen molar-refractivity contribution in [1.82, 2.24) is 10.3 Å². The zero-order valence-corrected chi connectivity index (χ0v) is 12.8. The fourth-order valence-corrected chi connectivity index (χ4v) is 3.25. The molecule has 0 aliphatic carbocycles. The summed E-state index contributed by atoms with van der Waals surface area (Å²) in [7, 11) is 0. The fourth-order valence-electron chi connectivity index (χ4n) is 2.10. The van der Waals surface area contributed by atoms with Crippen LogP contribution in [-0.4, -0.2) is 24.2 Å². The lowest BCUT2D eigenvalue weighted by atomic mass is 10.2. The van der Waals surface area contributed by atoms with E-state index in [0.29, 0.717) is 6.10 Å². The van der Waals surface area contributed by atoms with Crippen molar-refractivity contribution in [1.29, 1.82) is 0 Å². The van der Waals surface area contributed by atoms with Crippen molar-refractivity contribution >= 4 is 27.3 Å². The molecule has 2 aromatic rings. The lowest BCUT2D eigenvalue weighted by molar-refractivity contribution is 0.110. The van der Waals surface area contributed by atoms with Crippen LogP contribution in [0.1, 0.15) is 17.8 Å². The minimum absolute atomic E-state index is 0.375. The van der Waals surface area contributed by atoms with Crippen LogP contribution in [-0.2, 0) is 11.3 Å². The molecule has 0 aromatic carbocycles. The lowest BCUT2D eigenvalue weighted by Gasteiger charge is -2.09. The van der Waals surface area contributed by atoms with Crippen LogP contribution in [0.2, 0.25) is 0 Å². The molecule has 1 atom stereocenters. The van der Waals surface area contributed by atoms with Crippen LogP contribution in [0.25, 0.3) is 10.6 Å². The minimum Gasteiger partial charge on any atom is -0.448 e. The topological polar surface area (TPSA) is 47.3 Å². The number of rotatable bonds is 5. The molecule has 2 aromatic heterocycles. The molecule has 1 unspecified atom stereocenters. The molecule has 0 radical (unpaired) electrons. The Morgan fingerprint density at radius 3 is 3.16 bits per heavy atom. The van der Waals surface area contributed by atoms with Gasteiger partial charge in [0.25, 0.3) is 0 Å². The number of thiazole rings is 1. The Morgan fingerprint density at radius 2 is 2.42 bits per heavy atom. The largest absolute Gasteiger partial charge is 0.448 e. The van der Waals surface area contributed by atoms with E-state index in [-0.39, 0.29) is 0 Å². The quantitative estimate of drug-likeness (QED) is 0.904. The van der Waals surface area contributed by atoms with Crippen LogP contribution in [0, 0.1) is 0 Å². The van der Waals surface area contributed by atoms with Crippen molar-refractivity contribution in [3.05, 3.63) is 28.0 Å². The molecule has 0 amide bonds. The second-order valence-electron chi connectivity index (χ2n) is 4.49. The number of aromatic nitrogens is 1. The Kier molecular flexibility index (Phi) is 4.32. The first-order valence-corrected chi connectivity index (χ1v) is 7.95. The van der Waals surface area contributed by atoms with Crippen molar-refractivity contribution < 1.29 is 9.15 Å². The number of halogens is 1. The summed E-state index contributed by atoms with van der Waals surface area (Å²) in [5.74, 6) is 0.856. The molecule has 1 saturated heterocycles. The highest BCUT2D eigenvalue weighted by molar-refractivity contribution is 9.10. The van der Waals surface area contributed by atoms with Crippen LogP contribution in [0.15, 0.2) is 27.4 Å².